The van der Waals surface area contributed by atoms with E-state index in [4.69, 9.17) is 13.9 Å². The Balaban J connectivity index is 2.03. The monoisotopic (exact) mass is 462 g/mol. The van der Waals surface area contributed by atoms with Gasteiger partial charge in [-0.1, -0.05) is 45.6 Å². The highest BCUT2D eigenvalue weighted by Gasteiger charge is 2.40. The molecule has 0 radical (unpaired) electrons. The number of alkyl halides is 3. The highest BCUT2D eigenvalue weighted by Crippen LogP contribution is 2.39. The second-order valence-corrected chi connectivity index (χ2v) is 8.07. The molecule has 0 fully saturated rings. The number of halogens is 3. The molecule has 174 valence electrons. The predicted octanol–water partition coefficient (Wildman–Crippen LogP) is 6.60. The SMILES string of the molecule is C=CCOC(=O)Oc1ccc2c(=O)c(Oc3ccc(C(C)(C)C)cc3)c(C(F)(F)F)oc2c1. The first-order valence-corrected chi connectivity index (χ1v) is 9.82. The molecule has 0 saturated carbocycles. The van der Waals surface area contributed by atoms with Gasteiger partial charge in [0.25, 0.3) is 5.76 Å². The molecule has 0 aliphatic rings. The van der Waals surface area contributed by atoms with Gasteiger partial charge in [-0.25, -0.2) is 4.79 Å². The molecule has 6 nitrogen and oxygen atoms in total. The summed E-state index contributed by atoms with van der Waals surface area (Å²) in [6.07, 6.45) is -4.80. The normalized spacial score (nSPS) is 11.8. The van der Waals surface area contributed by atoms with E-state index in [9.17, 15) is 22.8 Å². The van der Waals surface area contributed by atoms with E-state index in [1.807, 2.05) is 20.8 Å². The molecule has 9 heteroatoms. The zero-order chi connectivity index (χ0) is 24.4. The van der Waals surface area contributed by atoms with E-state index in [0.29, 0.717) is 0 Å². The van der Waals surface area contributed by atoms with E-state index >= 15 is 0 Å². The predicted molar refractivity (Wildman–Crippen MR) is 115 cm³/mol. The summed E-state index contributed by atoms with van der Waals surface area (Å²) in [7, 11) is 0. The van der Waals surface area contributed by atoms with E-state index in [-0.39, 0.29) is 28.9 Å². The van der Waals surface area contributed by atoms with Gasteiger partial charge in [-0.15, -0.1) is 0 Å². The van der Waals surface area contributed by atoms with Crippen LogP contribution >= 0.6 is 0 Å². The number of rotatable bonds is 5. The fraction of sp³-hybridized carbons (Fsp3) is 0.250. The molecule has 33 heavy (non-hydrogen) atoms. The van der Waals surface area contributed by atoms with Gasteiger partial charge in [0.1, 0.15) is 23.7 Å². The van der Waals surface area contributed by atoms with Crippen LogP contribution in [-0.2, 0) is 16.3 Å². The Bertz CT molecular complexity index is 1230. The Morgan fingerprint density at radius 3 is 2.27 bits per heavy atom. The average Bonchev–Trinajstić information content (AvgIpc) is 2.73. The molecule has 0 aliphatic carbocycles. The van der Waals surface area contributed by atoms with Gasteiger partial charge in [-0.2, -0.15) is 13.2 Å². The Morgan fingerprint density at radius 1 is 1.06 bits per heavy atom. The second-order valence-electron chi connectivity index (χ2n) is 8.07. The molecular weight excluding hydrogens is 441 g/mol. The van der Waals surface area contributed by atoms with Crippen molar-refractivity contribution in [2.45, 2.75) is 32.4 Å². The van der Waals surface area contributed by atoms with Crippen LogP contribution < -0.4 is 14.9 Å². The van der Waals surface area contributed by atoms with Crippen molar-refractivity contribution in [2.75, 3.05) is 6.61 Å². The van der Waals surface area contributed by atoms with Crippen molar-refractivity contribution in [3.63, 3.8) is 0 Å². The van der Waals surface area contributed by atoms with Crippen LogP contribution in [0.15, 0.2) is 64.3 Å². The van der Waals surface area contributed by atoms with Crippen LogP contribution in [0.2, 0.25) is 0 Å². The summed E-state index contributed by atoms with van der Waals surface area (Å²) in [4.78, 5) is 24.4. The van der Waals surface area contributed by atoms with E-state index in [0.717, 1.165) is 11.6 Å². The fourth-order valence-electron chi connectivity index (χ4n) is 2.89. The lowest BCUT2D eigenvalue weighted by atomic mass is 9.87. The summed E-state index contributed by atoms with van der Waals surface area (Å²) >= 11 is 0. The lowest BCUT2D eigenvalue weighted by Gasteiger charge is -2.19. The van der Waals surface area contributed by atoms with Gasteiger partial charge in [-0.3, -0.25) is 4.79 Å². The molecule has 2 aromatic carbocycles. The van der Waals surface area contributed by atoms with Crippen LogP contribution in [0.1, 0.15) is 32.1 Å². The summed E-state index contributed by atoms with van der Waals surface area (Å²) in [5.41, 5.74) is -0.688. The summed E-state index contributed by atoms with van der Waals surface area (Å²) in [5.74, 6) is -2.71. The van der Waals surface area contributed by atoms with Crippen molar-refractivity contribution in [3.8, 4) is 17.2 Å². The first kappa shape index (κ1) is 23.9. The molecule has 0 unspecified atom stereocenters. The third-order valence-electron chi connectivity index (χ3n) is 4.54. The standard InChI is InChI=1S/C24H21F3O6/c1-5-12-30-22(29)32-16-10-11-17-18(13-16)33-21(24(25,26)27)20(19(17)28)31-15-8-6-14(7-9-15)23(2,3)4/h5-11,13H,1,12H2,2-4H3. The van der Waals surface area contributed by atoms with E-state index in [2.05, 4.69) is 11.3 Å². The number of fused-ring (bicyclic) bond motifs is 1. The average molecular weight is 462 g/mol. The Morgan fingerprint density at radius 2 is 1.70 bits per heavy atom. The van der Waals surface area contributed by atoms with Gasteiger partial charge >= 0.3 is 12.3 Å². The van der Waals surface area contributed by atoms with Crippen LogP contribution in [0.5, 0.6) is 17.2 Å². The number of benzene rings is 2. The lowest BCUT2D eigenvalue weighted by Crippen LogP contribution is -2.16. The number of hydrogen-bond acceptors (Lipinski definition) is 6. The number of ether oxygens (including phenoxy) is 3. The van der Waals surface area contributed by atoms with Crippen molar-refractivity contribution >= 4 is 17.1 Å². The number of hydrogen-bond donors (Lipinski definition) is 0. The van der Waals surface area contributed by atoms with Gasteiger partial charge in [0.15, 0.2) is 0 Å². The first-order chi connectivity index (χ1) is 15.4. The van der Waals surface area contributed by atoms with Crippen molar-refractivity contribution in [2.24, 2.45) is 0 Å². The molecular formula is C24H21F3O6. The van der Waals surface area contributed by atoms with Crippen LogP contribution in [0, 0.1) is 0 Å². The second kappa shape index (κ2) is 9.01. The van der Waals surface area contributed by atoms with E-state index in [1.165, 1.54) is 30.3 Å². The van der Waals surface area contributed by atoms with Gasteiger partial charge in [-0.05, 0) is 35.2 Å². The first-order valence-electron chi connectivity index (χ1n) is 9.82. The lowest BCUT2D eigenvalue weighted by molar-refractivity contribution is -0.154. The maximum Gasteiger partial charge on any atom is 0.514 e. The molecule has 0 saturated heterocycles. The largest absolute Gasteiger partial charge is 0.514 e. The van der Waals surface area contributed by atoms with Crippen molar-refractivity contribution in [1.29, 1.82) is 0 Å². The summed E-state index contributed by atoms with van der Waals surface area (Å²) in [6, 6.07) is 9.77. The molecule has 1 heterocycles. The molecule has 0 spiro atoms. The quantitative estimate of drug-likeness (QED) is 0.242. The van der Waals surface area contributed by atoms with Crippen molar-refractivity contribution in [1.82, 2.24) is 0 Å². The number of carbonyl (C=O) groups is 1. The third-order valence-corrected chi connectivity index (χ3v) is 4.54. The van der Waals surface area contributed by atoms with Crippen LogP contribution in [-0.4, -0.2) is 12.8 Å². The van der Waals surface area contributed by atoms with Gasteiger partial charge in [0.2, 0.25) is 11.2 Å². The van der Waals surface area contributed by atoms with Crippen molar-refractivity contribution < 1.29 is 36.6 Å². The van der Waals surface area contributed by atoms with E-state index < -0.39 is 34.9 Å². The molecule has 1 aromatic heterocycles. The zero-order valence-corrected chi connectivity index (χ0v) is 18.1. The molecule has 0 aliphatic heterocycles. The maximum atomic E-state index is 13.7. The maximum absolute atomic E-state index is 13.7. The molecule has 0 N–H and O–H groups in total. The molecule has 0 amide bonds. The third kappa shape index (κ3) is 5.54. The molecule has 3 aromatic rings. The summed E-state index contributed by atoms with van der Waals surface area (Å²) in [6.45, 7) is 9.22. The van der Waals surface area contributed by atoms with Crippen LogP contribution in [0.4, 0.5) is 18.0 Å². The van der Waals surface area contributed by atoms with Crippen molar-refractivity contribution in [3.05, 3.63) is 76.7 Å². The minimum absolute atomic E-state index is 0.0464. The number of carbonyl (C=O) groups excluding carboxylic acids is 1. The minimum atomic E-state index is -5.02. The minimum Gasteiger partial charge on any atom is -0.449 e. The van der Waals surface area contributed by atoms with E-state index in [1.54, 1.807) is 12.1 Å². The van der Waals surface area contributed by atoms with Crippen LogP contribution in [0.3, 0.4) is 0 Å². The van der Waals surface area contributed by atoms with Crippen LogP contribution in [0.25, 0.3) is 11.0 Å². The topological polar surface area (TPSA) is 75.0 Å². The Hall–Kier alpha value is -3.75. The van der Waals surface area contributed by atoms with Gasteiger partial charge < -0.3 is 18.6 Å². The molecule has 0 atom stereocenters. The smallest absolute Gasteiger partial charge is 0.449 e. The highest BCUT2D eigenvalue weighted by atomic mass is 19.4. The summed E-state index contributed by atoms with van der Waals surface area (Å²) in [5, 5.41) is -0.184. The highest BCUT2D eigenvalue weighted by molar-refractivity contribution is 5.80. The Labute approximate surface area is 187 Å². The zero-order valence-electron chi connectivity index (χ0n) is 18.1. The fourth-order valence-corrected chi connectivity index (χ4v) is 2.89. The Kier molecular flexibility index (Phi) is 6.53. The molecule has 3 rings (SSSR count). The van der Waals surface area contributed by atoms with Gasteiger partial charge in [0.05, 0.1) is 5.39 Å². The summed E-state index contributed by atoms with van der Waals surface area (Å²) < 4.78 is 61.0. The van der Waals surface area contributed by atoms with Gasteiger partial charge in [0, 0.05) is 6.07 Å². The molecule has 0 bridgehead atoms.